The summed E-state index contributed by atoms with van der Waals surface area (Å²) in [4.78, 5) is 29.4. The molecule has 5 nitrogen and oxygen atoms in total. The molecule has 0 saturated carbocycles. The number of carbonyl (C=O) groups excluding carboxylic acids is 2. The second-order valence-corrected chi connectivity index (χ2v) is 8.77. The smallest absolute Gasteiger partial charge is 0.320 e. The zero-order valence-corrected chi connectivity index (χ0v) is 19.5. The van der Waals surface area contributed by atoms with E-state index in [1.54, 1.807) is 34.1 Å². The summed E-state index contributed by atoms with van der Waals surface area (Å²) in [7, 11) is 0. The Bertz CT molecular complexity index is 1200. The molecule has 1 fully saturated rings. The molecular weight excluding hydrogens is 464 g/mol. The minimum atomic E-state index is -0.401. The number of benzene rings is 3. The summed E-state index contributed by atoms with van der Waals surface area (Å²) >= 11 is 12.1. The van der Waals surface area contributed by atoms with E-state index in [-0.39, 0.29) is 18.5 Å². The predicted octanol–water partition coefficient (Wildman–Crippen LogP) is 6.53. The molecule has 0 spiro atoms. The van der Waals surface area contributed by atoms with Gasteiger partial charge in [0, 0.05) is 35.2 Å². The summed E-state index contributed by atoms with van der Waals surface area (Å²) in [5.74, 6) is -0.701. The zero-order valence-electron chi connectivity index (χ0n) is 17.9. The molecule has 0 aliphatic carbocycles. The van der Waals surface area contributed by atoms with Crippen molar-refractivity contribution in [2.75, 3.05) is 23.3 Å². The third-order valence-electron chi connectivity index (χ3n) is 5.48. The Morgan fingerprint density at radius 3 is 2.55 bits per heavy atom. The maximum absolute atomic E-state index is 13.7. The van der Waals surface area contributed by atoms with Crippen LogP contribution < -0.4 is 10.2 Å². The fraction of sp³-hybridized carbons (Fsp3) is 0.200. The van der Waals surface area contributed by atoms with Gasteiger partial charge in [-0.05, 0) is 79.1 Å². The number of nitrogens with one attached hydrogen (secondary N) is 1. The largest absolute Gasteiger partial charge is 0.324 e. The number of anilines is 2. The Kier molecular flexibility index (Phi) is 6.86. The van der Waals surface area contributed by atoms with Crippen molar-refractivity contribution >= 4 is 46.5 Å². The molecule has 4 rings (SSSR count). The molecule has 0 atom stereocenters. The predicted molar refractivity (Wildman–Crippen MR) is 130 cm³/mol. The molecule has 1 aliphatic rings. The van der Waals surface area contributed by atoms with Crippen LogP contribution in [0.1, 0.15) is 27.9 Å². The molecule has 3 aromatic carbocycles. The Labute approximate surface area is 201 Å². The van der Waals surface area contributed by atoms with Gasteiger partial charge in [0.1, 0.15) is 5.82 Å². The lowest BCUT2D eigenvalue weighted by Gasteiger charge is -2.36. The summed E-state index contributed by atoms with van der Waals surface area (Å²) in [6.07, 6.45) is 0.719. The fourth-order valence-electron chi connectivity index (χ4n) is 3.80. The molecule has 1 heterocycles. The van der Waals surface area contributed by atoms with Gasteiger partial charge in [0.2, 0.25) is 0 Å². The van der Waals surface area contributed by atoms with Crippen LogP contribution in [0.2, 0.25) is 10.0 Å². The fourth-order valence-corrected chi connectivity index (χ4v) is 4.11. The van der Waals surface area contributed by atoms with Crippen molar-refractivity contribution in [1.82, 2.24) is 4.90 Å². The Morgan fingerprint density at radius 2 is 1.79 bits per heavy atom. The first-order valence-corrected chi connectivity index (χ1v) is 11.3. The molecule has 3 amide bonds. The molecule has 1 N–H and O–H groups in total. The van der Waals surface area contributed by atoms with Crippen molar-refractivity contribution in [3.63, 3.8) is 0 Å². The van der Waals surface area contributed by atoms with E-state index in [0.717, 1.165) is 12.0 Å². The molecule has 0 radical (unpaired) electrons. The molecular formula is C25H22Cl2FN3O2. The lowest BCUT2D eigenvalue weighted by atomic mass is 10.1. The van der Waals surface area contributed by atoms with Crippen LogP contribution in [0.4, 0.5) is 20.6 Å². The average molecular weight is 486 g/mol. The van der Waals surface area contributed by atoms with E-state index in [1.807, 2.05) is 25.1 Å². The van der Waals surface area contributed by atoms with Crippen molar-refractivity contribution in [2.45, 2.75) is 19.9 Å². The van der Waals surface area contributed by atoms with Gasteiger partial charge >= 0.3 is 6.03 Å². The molecule has 3 aromatic rings. The van der Waals surface area contributed by atoms with Crippen LogP contribution in [0, 0.1) is 12.7 Å². The van der Waals surface area contributed by atoms with Crippen LogP contribution in [0.3, 0.4) is 0 Å². The summed E-state index contributed by atoms with van der Waals surface area (Å²) in [6.45, 7) is 3.14. The summed E-state index contributed by atoms with van der Waals surface area (Å²) in [5.41, 5.74) is 3.08. The quantitative estimate of drug-likeness (QED) is 0.446. The first kappa shape index (κ1) is 23.1. The van der Waals surface area contributed by atoms with Gasteiger partial charge in [0.15, 0.2) is 0 Å². The molecule has 1 saturated heterocycles. The molecule has 0 unspecified atom stereocenters. The van der Waals surface area contributed by atoms with Gasteiger partial charge in [-0.2, -0.15) is 0 Å². The van der Waals surface area contributed by atoms with E-state index in [4.69, 9.17) is 23.2 Å². The Hall–Kier alpha value is -3.09. The minimum absolute atomic E-state index is 0.199. The highest BCUT2D eigenvalue weighted by atomic mass is 35.5. The molecule has 1 aliphatic heterocycles. The SMILES string of the molecule is Cc1ccc(N2CCCN(Cc3cc(F)ccc3Cl)C2=O)c(NC(=O)c2ccc(Cl)cc2)c1. The van der Waals surface area contributed by atoms with Gasteiger partial charge in [0.05, 0.1) is 11.4 Å². The lowest BCUT2D eigenvalue weighted by molar-refractivity contribution is 0.102. The molecule has 8 heteroatoms. The average Bonchev–Trinajstić information content (AvgIpc) is 2.78. The third-order valence-corrected chi connectivity index (χ3v) is 6.10. The summed E-state index contributed by atoms with van der Waals surface area (Å²) in [6, 6.07) is 16.0. The van der Waals surface area contributed by atoms with E-state index in [9.17, 15) is 14.0 Å². The van der Waals surface area contributed by atoms with Crippen LogP contribution in [0.5, 0.6) is 0 Å². The monoisotopic (exact) mass is 485 g/mol. The number of amides is 3. The van der Waals surface area contributed by atoms with E-state index < -0.39 is 5.82 Å². The first-order valence-electron chi connectivity index (χ1n) is 10.5. The second-order valence-electron chi connectivity index (χ2n) is 7.93. The van der Waals surface area contributed by atoms with Crippen LogP contribution in [-0.2, 0) is 6.54 Å². The standard InChI is InChI=1S/C25H22Cl2FN3O2/c1-16-3-10-23(22(13-16)29-24(32)17-4-6-19(26)7-5-17)31-12-2-11-30(25(31)33)15-18-14-20(28)8-9-21(18)27/h3-10,13-14H,2,11-12,15H2,1H3,(H,29,32). The van der Waals surface area contributed by atoms with E-state index in [1.165, 1.54) is 18.2 Å². The first-order chi connectivity index (χ1) is 15.8. The van der Waals surface area contributed by atoms with Crippen molar-refractivity contribution < 1.29 is 14.0 Å². The van der Waals surface area contributed by atoms with Gasteiger partial charge in [-0.3, -0.25) is 9.69 Å². The highest BCUT2D eigenvalue weighted by molar-refractivity contribution is 6.31. The summed E-state index contributed by atoms with van der Waals surface area (Å²) < 4.78 is 13.7. The lowest BCUT2D eigenvalue weighted by Crippen LogP contribution is -2.49. The maximum atomic E-state index is 13.7. The van der Waals surface area contributed by atoms with Gasteiger partial charge in [0.25, 0.3) is 5.91 Å². The normalized spacial score (nSPS) is 13.9. The number of carbonyl (C=O) groups is 2. The van der Waals surface area contributed by atoms with Crippen molar-refractivity contribution in [3.8, 4) is 0 Å². The number of hydrogen-bond acceptors (Lipinski definition) is 2. The van der Waals surface area contributed by atoms with Crippen LogP contribution >= 0.6 is 23.2 Å². The van der Waals surface area contributed by atoms with E-state index >= 15 is 0 Å². The molecule has 0 aromatic heterocycles. The Morgan fingerprint density at radius 1 is 1.03 bits per heavy atom. The third kappa shape index (κ3) is 5.29. The van der Waals surface area contributed by atoms with Crippen molar-refractivity contribution in [3.05, 3.63) is 93.2 Å². The number of urea groups is 1. The number of hydrogen-bond donors (Lipinski definition) is 1. The van der Waals surface area contributed by atoms with Gasteiger partial charge in [-0.25, -0.2) is 9.18 Å². The zero-order chi connectivity index (χ0) is 23.5. The Balaban J connectivity index is 1.59. The topological polar surface area (TPSA) is 52.6 Å². The minimum Gasteiger partial charge on any atom is -0.320 e. The highest BCUT2D eigenvalue weighted by Gasteiger charge is 2.29. The molecule has 170 valence electrons. The van der Waals surface area contributed by atoms with Crippen molar-refractivity contribution in [1.29, 1.82) is 0 Å². The van der Waals surface area contributed by atoms with Crippen molar-refractivity contribution in [2.24, 2.45) is 0 Å². The number of aryl methyl sites for hydroxylation is 1. The van der Waals surface area contributed by atoms with Gasteiger partial charge in [-0.15, -0.1) is 0 Å². The van der Waals surface area contributed by atoms with Crippen LogP contribution in [0.25, 0.3) is 0 Å². The maximum Gasteiger partial charge on any atom is 0.324 e. The van der Waals surface area contributed by atoms with Crippen LogP contribution in [-0.4, -0.2) is 29.9 Å². The molecule has 33 heavy (non-hydrogen) atoms. The van der Waals surface area contributed by atoms with E-state index in [0.29, 0.717) is 45.6 Å². The van der Waals surface area contributed by atoms with E-state index in [2.05, 4.69) is 5.32 Å². The summed E-state index contributed by atoms with van der Waals surface area (Å²) in [5, 5.41) is 3.87. The second kappa shape index (κ2) is 9.81. The number of nitrogens with zero attached hydrogens (tertiary/aromatic N) is 2. The van der Waals surface area contributed by atoms with Gasteiger partial charge < -0.3 is 10.2 Å². The number of halogens is 3. The molecule has 0 bridgehead atoms. The van der Waals surface area contributed by atoms with Gasteiger partial charge in [-0.1, -0.05) is 29.3 Å². The highest BCUT2D eigenvalue weighted by Crippen LogP contribution is 2.31. The number of rotatable bonds is 5. The van der Waals surface area contributed by atoms with Crippen LogP contribution in [0.15, 0.2) is 60.7 Å².